The van der Waals surface area contributed by atoms with Gasteiger partial charge in [-0.1, -0.05) is 6.07 Å². The van der Waals surface area contributed by atoms with Crippen LogP contribution in [0.15, 0.2) is 22.5 Å². The van der Waals surface area contributed by atoms with E-state index in [1.165, 1.54) is 11.3 Å². The molecule has 0 bridgehead atoms. The van der Waals surface area contributed by atoms with Gasteiger partial charge in [-0.25, -0.2) is 9.79 Å². The number of hydrogen-bond acceptors (Lipinski definition) is 5. The fraction of sp³-hybridized carbons (Fsp3) is 0.727. The van der Waals surface area contributed by atoms with Crippen molar-refractivity contribution in [1.29, 1.82) is 0 Å². The summed E-state index contributed by atoms with van der Waals surface area (Å²) in [5, 5.41) is 19.2. The van der Waals surface area contributed by atoms with Crippen LogP contribution in [0.1, 0.15) is 58.8 Å². The van der Waals surface area contributed by atoms with Crippen molar-refractivity contribution < 1.29 is 14.6 Å². The van der Waals surface area contributed by atoms with E-state index in [-0.39, 0.29) is 6.09 Å². The van der Waals surface area contributed by atoms with Crippen molar-refractivity contribution in [3.05, 3.63) is 22.4 Å². The molecule has 1 aliphatic rings. The van der Waals surface area contributed by atoms with Gasteiger partial charge in [0.05, 0.1) is 6.54 Å². The van der Waals surface area contributed by atoms with Gasteiger partial charge in [0, 0.05) is 31.1 Å². The average Bonchev–Trinajstić information content (AvgIpc) is 3.21. The lowest BCUT2D eigenvalue weighted by atomic mass is 9.95. The summed E-state index contributed by atoms with van der Waals surface area (Å²) in [7, 11) is 0. The number of nitrogens with zero attached hydrogens (tertiary/aromatic N) is 2. The summed E-state index contributed by atoms with van der Waals surface area (Å²) < 4.78 is 5.51. The van der Waals surface area contributed by atoms with E-state index in [2.05, 4.69) is 15.6 Å². The SMILES string of the molecule is CCNC(=NCC(C)(O)c1cccs1)NCCC1CCCN(C(=O)OC(C)(C)C)C1. The molecule has 2 unspecified atom stereocenters. The normalized spacial score (nSPS) is 19.9. The Hall–Kier alpha value is -1.80. The van der Waals surface area contributed by atoms with E-state index in [1.807, 2.05) is 50.1 Å². The number of piperidine rings is 1. The molecule has 2 rings (SSSR count). The van der Waals surface area contributed by atoms with E-state index in [0.717, 1.165) is 50.3 Å². The summed E-state index contributed by atoms with van der Waals surface area (Å²) in [6.45, 7) is 12.8. The highest BCUT2D eigenvalue weighted by Gasteiger charge is 2.27. The monoisotopic (exact) mass is 438 g/mol. The summed E-state index contributed by atoms with van der Waals surface area (Å²) in [5.74, 6) is 1.14. The zero-order valence-electron chi connectivity index (χ0n) is 19.0. The van der Waals surface area contributed by atoms with Gasteiger partial charge in [0.25, 0.3) is 0 Å². The van der Waals surface area contributed by atoms with Gasteiger partial charge in [-0.2, -0.15) is 0 Å². The first-order chi connectivity index (χ1) is 14.1. The molecule has 7 nitrogen and oxygen atoms in total. The van der Waals surface area contributed by atoms with Crippen LogP contribution in [0.25, 0.3) is 0 Å². The quantitative estimate of drug-likeness (QED) is 0.448. The standard InChI is InChI=1S/C22H38N4O3S/c1-6-23-19(25-16-22(5,28)18-10-8-14-30-18)24-12-11-17-9-7-13-26(15-17)20(27)29-21(2,3)4/h8,10,14,17,28H,6-7,9,11-13,15-16H2,1-5H3,(H2,23,24,25). The molecule has 1 aromatic rings. The van der Waals surface area contributed by atoms with E-state index < -0.39 is 11.2 Å². The molecule has 1 aromatic heterocycles. The zero-order chi connectivity index (χ0) is 22.2. The van der Waals surface area contributed by atoms with Gasteiger partial charge in [-0.05, 0) is 71.2 Å². The minimum absolute atomic E-state index is 0.217. The van der Waals surface area contributed by atoms with Crippen molar-refractivity contribution in [2.75, 3.05) is 32.7 Å². The minimum Gasteiger partial charge on any atom is -0.444 e. The average molecular weight is 439 g/mol. The van der Waals surface area contributed by atoms with Gasteiger partial charge in [-0.3, -0.25) is 0 Å². The predicted octanol–water partition coefficient (Wildman–Crippen LogP) is 3.55. The first-order valence-electron chi connectivity index (χ1n) is 10.9. The maximum absolute atomic E-state index is 12.3. The molecule has 2 atom stereocenters. The third-order valence-corrected chi connectivity index (χ3v) is 6.08. The third kappa shape index (κ3) is 8.14. The number of likely N-dealkylation sites (tertiary alicyclic amines) is 1. The number of guanidine groups is 1. The van der Waals surface area contributed by atoms with E-state index in [4.69, 9.17) is 4.74 Å². The van der Waals surface area contributed by atoms with Crippen molar-refractivity contribution in [1.82, 2.24) is 15.5 Å². The Bertz CT molecular complexity index is 683. The summed E-state index contributed by atoms with van der Waals surface area (Å²) in [5.41, 5.74) is -1.44. The van der Waals surface area contributed by atoms with Gasteiger partial charge in [0.1, 0.15) is 11.2 Å². The van der Waals surface area contributed by atoms with Crippen molar-refractivity contribution in [3.63, 3.8) is 0 Å². The second-order valence-corrected chi connectivity index (χ2v) is 10.0. The van der Waals surface area contributed by atoms with Crippen molar-refractivity contribution in [2.45, 2.75) is 65.1 Å². The number of rotatable bonds is 7. The highest BCUT2D eigenvalue weighted by atomic mass is 32.1. The Morgan fingerprint density at radius 2 is 2.13 bits per heavy atom. The molecule has 0 saturated carbocycles. The van der Waals surface area contributed by atoms with Gasteiger partial charge >= 0.3 is 6.09 Å². The van der Waals surface area contributed by atoms with Crippen LogP contribution >= 0.6 is 11.3 Å². The fourth-order valence-corrected chi connectivity index (χ4v) is 4.20. The van der Waals surface area contributed by atoms with Crippen LogP contribution in [-0.4, -0.2) is 60.4 Å². The number of aliphatic hydroxyl groups is 1. The van der Waals surface area contributed by atoms with Gasteiger partial charge < -0.3 is 25.4 Å². The van der Waals surface area contributed by atoms with Crippen LogP contribution in [0.3, 0.4) is 0 Å². The number of amides is 1. The van der Waals surface area contributed by atoms with Crippen LogP contribution in [0.4, 0.5) is 4.79 Å². The van der Waals surface area contributed by atoms with Crippen LogP contribution in [-0.2, 0) is 10.3 Å². The molecule has 1 amide bonds. The van der Waals surface area contributed by atoms with Crippen LogP contribution in [0.2, 0.25) is 0 Å². The molecule has 170 valence electrons. The number of carbonyl (C=O) groups is 1. The highest BCUT2D eigenvalue weighted by molar-refractivity contribution is 7.10. The Labute approximate surface area is 184 Å². The molecule has 0 spiro atoms. The topological polar surface area (TPSA) is 86.2 Å². The lowest BCUT2D eigenvalue weighted by Gasteiger charge is -2.34. The number of carbonyl (C=O) groups excluding carboxylic acids is 1. The minimum atomic E-state index is -0.978. The third-order valence-electron chi connectivity index (χ3n) is 4.96. The van der Waals surface area contributed by atoms with E-state index in [1.54, 1.807) is 6.92 Å². The molecule has 8 heteroatoms. The number of ether oxygens (including phenoxy) is 1. The van der Waals surface area contributed by atoms with Crippen LogP contribution in [0, 0.1) is 5.92 Å². The Kier molecular flexibility index (Phi) is 8.97. The van der Waals surface area contributed by atoms with E-state index >= 15 is 0 Å². The number of aliphatic imine (C=N–C) groups is 1. The van der Waals surface area contributed by atoms with Gasteiger partial charge in [0.2, 0.25) is 0 Å². The van der Waals surface area contributed by atoms with Gasteiger partial charge in [-0.15, -0.1) is 11.3 Å². The molecular formula is C22H38N4O3S. The smallest absolute Gasteiger partial charge is 0.410 e. The Morgan fingerprint density at radius 1 is 1.37 bits per heavy atom. The summed E-state index contributed by atoms with van der Waals surface area (Å²) in [4.78, 5) is 19.7. The predicted molar refractivity (Wildman–Crippen MR) is 123 cm³/mol. The largest absolute Gasteiger partial charge is 0.444 e. The summed E-state index contributed by atoms with van der Waals surface area (Å²) in [6.07, 6.45) is 2.85. The first kappa shape index (κ1) is 24.5. The molecule has 1 aliphatic heterocycles. The molecule has 0 radical (unpaired) electrons. The first-order valence-corrected chi connectivity index (χ1v) is 11.7. The molecule has 1 saturated heterocycles. The van der Waals surface area contributed by atoms with E-state index in [0.29, 0.717) is 18.4 Å². The van der Waals surface area contributed by atoms with E-state index in [9.17, 15) is 9.90 Å². The number of hydrogen-bond donors (Lipinski definition) is 3. The number of thiophene rings is 1. The molecule has 0 aliphatic carbocycles. The Morgan fingerprint density at radius 3 is 2.77 bits per heavy atom. The highest BCUT2D eigenvalue weighted by Crippen LogP contribution is 2.25. The van der Waals surface area contributed by atoms with Crippen molar-refractivity contribution >= 4 is 23.4 Å². The lowest BCUT2D eigenvalue weighted by molar-refractivity contribution is 0.0162. The summed E-state index contributed by atoms with van der Waals surface area (Å²) in [6, 6.07) is 3.87. The van der Waals surface area contributed by atoms with Crippen molar-refractivity contribution in [3.8, 4) is 0 Å². The molecule has 2 heterocycles. The maximum Gasteiger partial charge on any atom is 0.410 e. The maximum atomic E-state index is 12.3. The zero-order valence-corrected chi connectivity index (χ0v) is 19.8. The second kappa shape index (κ2) is 11.0. The van der Waals surface area contributed by atoms with Crippen molar-refractivity contribution in [2.24, 2.45) is 10.9 Å². The van der Waals surface area contributed by atoms with Crippen LogP contribution in [0.5, 0.6) is 0 Å². The molecular weight excluding hydrogens is 400 g/mol. The second-order valence-electron chi connectivity index (χ2n) is 9.10. The molecule has 30 heavy (non-hydrogen) atoms. The molecule has 1 fully saturated rings. The van der Waals surface area contributed by atoms with Gasteiger partial charge in [0.15, 0.2) is 5.96 Å². The lowest BCUT2D eigenvalue weighted by Crippen LogP contribution is -2.44. The number of nitrogens with one attached hydrogen (secondary N) is 2. The van der Waals surface area contributed by atoms with Crippen LogP contribution < -0.4 is 10.6 Å². The molecule has 0 aromatic carbocycles. The molecule has 3 N–H and O–H groups in total. The fourth-order valence-electron chi connectivity index (χ4n) is 3.43. The Balaban J connectivity index is 1.82. The summed E-state index contributed by atoms with van der Waals surface area (Å²) >= 11 is 1.53.